The Morgan fingerprint density at radius 2 is 1.90 bits per heavy atom. The average molecular weight is 400 g/mol. The number of benzene rings is 1. The predicted molar refractivity (Wildman–Crippen MR) is 81.6 cm³/mol. The van der Waals surface area contributed by atoms with E-state index in [1.807, 2.05) is 0 Å². The van der Waals surface area contributed by atoms with Crippen molar-refractivity contribution in [2.45, 2.75) is 4.90 Å². The fourth-order valence-electron chi connectivity index (χ4n) is 1.73. The number of H-pyrrole nitrogens is 1. The van der Waals surface area contributed by atoms with Gasteiger partial charge in [0.25, 0.3) is 10.0 Å². The highest BCUT2D eigenvalue weighted by Crippen LogP contribution is 2.21. The second kappa shape index (κ2) is 5.02. The van der Waals surface area contributed by atoms with Crippen molar-refractivity contribution in [2.75, 3.05) is 0 Å². The summed E-state index contributed by atoms with van der Waals surface area (Å²) in [5, 5.41) is 10.8. The monoisotopic (exact) mass is 400 g/mol. The molecule has 0 radical (unpaired) electrons. The second-order valence-electron chi connectivity index (χ2n) is 3.98. The molecule has 0 saturated heterocycles. The number of hydrogen-bond acceptors (Lipinski definition) is 4. The summed E-state index contributed by atoms with van der Waals surface area (Å²) in [5.74, 6) is 0. The Labute approximate surface area is 129 Å². The summed E-state index contributed by atoms with van der Waals surface area (Å²) in [7, 11) is -3.65. The van der Waals surface area contributed by atoms with Crippen LogP contribution in [0.15, 0.2) is 53.7 Å². The van der Waals surface area contributed by atoms with E-state index in [2.05, 4.69) is 37.9 Å². The van der Waals surface area contributed by atoms with Crippen LogP contribution < -0.4 is 0 Å². The molecule has 2 aromatic heterocycles. The van der Waals surface area contributed by atoms with Crippen molar-refractivity contribution in [3.63, 3.8) is 0 Å². The largest absolute Gasteiger partial charge is 0.282 e. The van der Waals surface area contributed by atoms with Crippen LogP contribution in [0.5, 0.6) is 0 Å². The van der Waals surface area contributed by atoms with Gasteiger partial charge in [0.05, 0.1) is 20.4 Å². The zero-order valence-electron chi connectivity index (χ0n) is 10.1. The van der Waals surface area contributed by atoms with Crippen LogP contribution in [0.2, 0.25) is 0 Å². The Kier molecular flexibility index (Phi) is 3.34. The minimum atomic E-state index is -3.65. The lowest BCUT2D eigenvalue weighted by Crippen LogP contribution is -2.13. The molecular formula is C12H9IN4O2S. The molecule has 0 aliphatic rings. The Balaban J connectivity index is 2.05. The van der Waals surface area contributed by atoms with Gasteiger partial charge in [0.2, 0.25) is 0 Å². The first-order valence-electron chi connectivity index (χ1n) is 5.64. The number of nitrogens with one attached hydrogen (secondary N) is 1. The molecule has 0 unspecified atom stereocenters. The van der Waals surface area contributed by atoms with Crippen molar-refractivity contribution in [3.05, 3.63) is 52.4 Å². The summed E-state index contributed by atoms with van der Waals surface area (Å²) in [6.07, 6.45) is 3.08. The minimum Gasteiger partial charge on any atom is -0.275 e. The van der Waals surface area contributed by atoms with Gasteiger partial charge in [-0.25, -0.2) is 0 Å². The minimum absolute atomic E-state index is 0.203. The maximum Gasteiger partial charge on any atom is 0.282 e. The quantitative estimate of drug-likeness (QED) is 0.683. The van der Waals surface area contributed by atoms with Crippen LogP contribution >= 0.6 is 22.6 Å². The summed E-state index contributed by atoms with van der Waals surface area (Å²) < 4.78 is 26.6. The molecule has 3 aromatic rings. The number of aromatic nitrogens is 4. The summed E-state index contributed by atoms with van der Waals surface area (Å²) in [6, 6.07) is 9.83. The van der Waals surface area contributed by atoms with Crippen molar-refractivity contribution >= 4 is 32.6 Å². The highest BCUT2D eigenvalue weighted by molar-refractivity contribution is 14.1. The predicted octanol–water partition coefficient (Wildman–Crippen LogP) is 2.11. The molecule has 102 valence electrons. The SMILES string of the molecule is O=S(=O)(c1ccccc1)n1ccc(-c2[nH]ncc2I)n1. The highest BCUT2D eigenvalue weighted by Gasteiger charge is 2.19. The van der Waals surface area contributed by atoms with Gasteiger partial charge in [0, 0.05) is 6.20 Å². The molecule has 0 aliphatic carbocycles. The van der Waals surface area contributed by atoms with E-state index in [1.165, 1.54) is 18.3 Å². The van der Waals surface area contributed by atoms with Gasteiger partial charge < -0.3 is 0 Å². The van der Waals surface area contributed by atoms with Crippen LogP contribution in [0, 0.1) is 3.57 Å². The number of hydrogen-bond donors (Lipinski definition) is 1. The number of halogens is 1. The van der Waals surface area contributed by atoms with Crippen molar-refractivity contribution in [1.82, 2.24) is 19.4 Å². The van der Waals surface area contributed by atoms with Gasteiger partial charge in [-0.2, -0.15) is 22.7 Å². The molecule has 3 rings (SSSR count). The average Bonchev–Trinajstić information content (AvgIpc) is 3.08. The molecule has 8 heteroatoms. The maximum absolute atomic E-state index is 12.4. The first-order chi connectivity index (χ1) is 9.59. The van der Waals surface area contributed by atoms with Crippen LogP contribution in [0.4, 0.5) is 0 Å². The van der Waals surface area contributed by atoms with Crippen molar-refractivity contribution < 1.29 is 8.42 Å². The second-order valence-corrected chi connectivity index (χ2v) is 6.94. The highest BCUT2D eigenvalue weighted by atomic mass is 127. The Morgan fingerprint density at radius 3 is 2.55 bits per heavy atom. The molecular weight excluding hydrogens is 391 g/mol. The number of rotatable bonds is 3. The molecule has 1 N–H and O–H groups in total. The van der Waals surface area contributed by atoms with Crippen LogP contribution in [-0.4, -0.2) is 27.8 Å². The molecule has 0 spiro atoms. The molecule has 0 aliphatic heterocycles. The third-order valence-electron chi connectivity index (χ3n) is 2.70. The zero-order valence-corrected chi connectivity index (χ0v) is 13.0. The molecule has 0 amide bonds. The van der Waals surface area contributed by atoms with Crippen molar-refractivity contribution in [2.24, 2.45) is 0 Å². The van der Waals surface area contributed by atoms with Crippen molar-refractivity contribution in [3.8, 4) is 11.4 Å². The van der Waals surface area contributed by atoms with E-state index < -0.39 is 10.0 Å². The zero-order chi connectivity index (χ0) is 14.2. The third kappa shape index (κ3) is 2.24. The lowest BCUT2D eigenvalue weighted by atomic mass is 10.3. The Bertz CT molecular complexity index is 839. The summed E-state index contributed by atoms with van der Waals surface area (Å²) in [4.78, 5) is 0.203. The van der Waals surface area contributed by atoms with E-state index in [1.54, 1.807) is 30.5 Å². The van der Waals surface area contributed by atoms with E-state index in [0.29, 0.717) is 11.4 Å². The van der Waals surface area contributed by atoms with E-state index in [-0.39, 0.29) is 4.90 Å². The van der Waals surface area contributed by atoms with Crippen LogP contribution in [0.3, 0.4) is 0 Å². The first-order valence-corrected chi connectivity index (χ1v) is 8.16. The van der Waals surface area contributed by atoms with Gasteiger partial charge in [-0.3, -0.25) is 5.10 Å². The number of aromatic amines is 1. The smallest absolute Gasteiger partial charge is 0.275 e. The summed E-state index contributed by atoms with van der Waals surface area (Å²) >= 11 is 2.11. The molecule has 0 fully saturated rings. The van der Waals surface area contributed by atoms with Gasteiger partial charge in [-0.15, -0.1) is 0 Å². The van der Waals surface area contributed by atoms with E-state index in [9.17, 15) is 8.42 Å². The third-order valence-corrected chi connectivity index (χ3v) is 5.08. The normalized spacial score (nSPS) is 11.7. The molecule has 0 bridgehead atoms. The lowest BCUT2D eigenvalue weighted by molar-refractivity contribution is 0.580. The topological polar surface area (TPSA) is 80.6 Å². The van der Waals surface area contributed by atoms with Gasteiger partial charge in [-0.1, -0.05) is 18.2 Å². The fraction of sp³-hybridized carbons (Fsp3) is 0. The summed E-state index contributed by atoms with van der Waals surface area (Å²) in [6.45, 7) is 0. The molecule has 0 saturated carbocycles. The first kappa shape index (κ1) is 13.3. The number of nitrogens with zero attached hydrogens (tertiary/aromatic N) is 3. The molecule has 0 atom stereocenters. The standard InChI is InChI=1S/C12H9IN4O2S/c13-10-8-14-15-12(10)11-6-7-17(16-11)20(18,19)9-4-2-1-3-5-9/h1-8H,(H,14,15). The molecule has 2 heterocycles. The van der Waals surface area contributed by atoms with Crippen LogP contribution in [0.25, 0.3) is 11.4 Å². The van der Waals surface area contributed by atoms with Gasteiger partial charge in [0.1, 0.15) is 5.69 Å². The Hall–Kier alpha value is -1.68. The molecule has 20 heavy (non-hydrogen) atoms. The Morgan fingerprint density at radius 1 is 1.15 bits per heavy atom. The van der Waals surface area contributed by atoms with Crippen molar-refractivity contribution in [1.29, 1.82) is 0 Å². The van der Waals surface area contributed by atoms with Gasteiger partial charge in [0.15, 0.2) is 0 Å². The fourth-order valence-corrected chi connectivity index (χ4v) is 3.40. The molecule has 6 nitrogen and oxygen atoms in total. The van der Waals surface area contributed by atoms with Gasteiger partial charge >= 0.3 is 0 Å². The van der Waals surface area contributed by atoms with Gasteiger partial charge in [-0.05, 0) is 40.8 Å². The van der Waals surface area contributed by atoms with E-state index in [4.69, 9.17) is 0 Å². The lowest BCUT2D eigenvalue weighted by Gasteiger charge is -2.03. The maximum atomic E-state index is 12.4. The van der Waals surface area contributed by atoms with Crippen LogP contribution in [-0.2, 0) is 10.0 Å². The van der Waals surface area contributed by atoms with Crippen LogP contribution in [0.1, 0.15) is 0 Å². The van der Waals surface area contributed by atoms with E-state index in [0.717, 1.165) is 7.66 Å². The summed E-state index contributed by atoms with van der Waals surface area (Å²) in [5.41, 5.74) is 1.24. The van der Waals surface area contributed by atoms with E-state index >= 15 is 0 Å². The molecule has 1 aromatic carbocycles.